The van der Waals surface area contributed by atoms with E-state index in [2.05, 4.69) is 60.8 Å². The van der Waals surface area contributed by atoms with Gasteiger partial charge in [-0.1, -0.05) is 55.5 Å². The fourth-order valence-electron chi connectivity index (χ4n) is 3.25. The van der Waals surface area contributed by atoms with Gasteiger partial charge in [0, 0.05) is 0 Å². The van der Waals surface area contributed by atoms with Gasteiger partial charge in [0.05, 0.1) is 6.04 Å². The van der Waals surface area contributed by atoms with Crippen LogP contribution >= 0.6 is 0 Å². The number of rotatable bonds is 3. The number of hydrogen-bond donors (Lipinski definition) is 2. The summed E-state index contributed by atoms with van der Waals surface area (Å²) in [6.07, 6.45) is 2.05. The standard InChI is InChI=1S/C19H23NO/c1-3-14-8-10-16(11-9-14)19(2,21)18-17-7-5-4-6-15(17)12-13-20-18/h4-11,18,20-21H,3,12-13H2,1-2H3. The largest absolute Gasteiger partial charge is 0.383 e. The number of benzene rings is 2. The Bertz CT molecular complexity index is 616. The monoisotopic (exact) mass is 281 g/mol. The summed E-state index contributed by atoms with van der Waals surface area (Å²) in [5.74, 6) is 0. The van der Waals surface area contributed by atoms with Gasteiger partial charge in [-0.05, 0) is 48.6 Å². The third-order valence-electron chi connectivity index (χ3n) is 4.62. The minimum atomic E-state index is -0.914. The summed E-state index contributed by atoms with van der Waals surface area (Å²) < 4.78 is 0. The summed E-state index contributed by atoms with van der Waals surface area (Å²) >= 11 is 0. The first-order valence-corrected chi connectivity index (χ1v) is 7.76. The van der Waals surface area contributed by atoms with E-state index in [-0.39, 0.29) is 6.04 Å². The molecule has 2 aromatic rings. The highest BCUT2D eigenvalue weighted by atomic mass is 16.3. The smallest absolute Gasteiger partial charge is 0.106 e. The second-order valence-corrected chi connectivity index (χ2v) is 6.03. The second kappa shape index (κ2) is 5.63. The van der Waals surface area contributed by atoms with E-state index in [1.54, 1.807) is 0 Å². The topological polar surface area (TPSA) is 32.3 Å². The zero-order valence-corrected chi connectivity index (χ0v) is 12.8. The highest BCUT2D eigenvalue weighted by Gasteiger charge is 2.37. The van der Waals surface area contributed by atoms with Crippen molar-refractivity contribution in [1.82, 2.24) is 5.32 Å². The van der Waals surface area contributed by atoms with Crippen molar-refractivity contribution in [2.24, 2.45) is 0 Å². The minimum absolute atomic E-state index is 0.0603. The maximum Gasteiger partial charge on any atom is 0.106 e. The van der Waals surface area contributed by atoms with Crippen LogP contribution in [0.3, 0.4) is 0 Å². The van der Waals surface area contributed by atoms with Gasteiger partial charge in [0.1, 0.15) is 5.60 Å². The summed E-state index contributed by atoms with van der Waals surface area (Å²) in [4.78, 5) is 0. The SMILES string of the molecule is CCc1ccc(C(C)(O)C2NCCc3ccccc32)cc1. The van der Waals surface area contributed by atoms with Crippen LogP contribution in [0.15, 0.2) is 48.5 Å². The molecule has 0 fully saturated rings. The zero-order valence-electron chi connectivity index (χ0n) is 12.8. The van der Waals surface area contributed by atoms with Crippen molar-refractivity contribution in [2.45, 2.75) is 38.3 Å². The first kappa shape index (κ1) is 14.3. The molecule has 0 aliphatic carbocycles. The van der Waals surface area contributed by atoms with Gasteiger partial charge in [0.25, 0.3) is 0 Å². The lowest BCUT2D eigenvalue weighted by molar-refractivity contribution is 0.0118. The van der Waals surface area contributed by atoms with Crippen LogP contribution in [0.25, 0.3) is 0 Å². The van der Waals surface area contributed by atoms with Crippen LogP contribution in [0.4, 0.5) is 0 Å². The van der Waals surface area contributed by atoms with E-state index in [0.717, 1.165) is 24.9 Å². The molecular formula is C19H23NO. The maximum atomic E-state index is 11.2. The van der Waals surface area contributed by atoms with E-state index in [0.29, 0.717) is 0 Å². The lowest BCUT2D eigenvalue weighted by Crippen LogP contribution is -2.43. The van der Waals surface area contributed by atoms with Crippen LogP contribution in [-0.4, -0.2) is 11.7 Å². The molecule has 110 valence electrons. The minimum Gasteiger partial charge on any atom is -0.383 e. The van der Waals surface area contributed by atoms with Crippen LogP contribution in [0, 0.1) is 0 Å². The van der Waals surface area contributed by atoms with Gasteiger partial charge in [-0.2, -0.15) is 0 Å². The van der Waals surface area contributed by atoms with Gasteiger partial charge >= 0.3 is 0 Å². The molecule has 2 unspecified atom stereocenters. The fourth-order valence-corrected chi connectivity index (χ4v) is 3.25. The Labute approximate surface area is 126 Å². The molecule has 0 aromatic heterocycles. The first-order chi connectivity index (χ1) is 10.1. The molecule has 0 amide bonds. The molecule has 0 radical (unpaired) electrons. The van der Waals surface area contributed by atoms with Crippen molar-refractivity contribution >= 4 is 0 Å². The third-order valence-corrected chi connectivity index (χ3v) is 4.62. The number of nitrogens with one attached hydrogen (secondary N) is 1. The number of aryl methyl sites for hydroxylation is 1. The van der Waals surface area contributed by atoms with Crippen molar-refractivity contribution in [1.29, 1.82) is 0 Å². The molecule has 1 aliphatic rings. The van der Waals surface area contributed by atoms with Crippen LogP contribution in [0.2, 0.25) is 0 Å². The van der Waals surface area contributed by atoms with Gasteiger partial charge in [0.2, 0.25) is 0 Å². The summed E-state index contributed by atoms with van der Waals surface area (Å²) in [6.45, 7) is 4.96. The Hall–Kier alpha value is -1.64. The quantitative estimate of drug-likeness (QED) is 0.904. The highest BCUT2D eigenvalue weighted by molar-refractivity contribution is 5.38. The normalized spacial score (nSPS) is 20.6. The van der Waals surface area contributed by atoms with Crippen LogP contribution < -0.4 is 5.32 Å². The van der Waals surface area contributed by atoms with E-state index in [1.165, 1.54) is 16.7 Å². The molecule has 0 saturated heterocycles. The maximum absolute atomic E-state index is 11.2. The van der Waals surface area contributed by atoms with Crippen LogP contribution in [0.5, 0.6) is 0 Å². The molecule has 1 aliphatic heterocycles. The van der Waals surface area contributed by atoms with Crippen molar-refractivity contribution in [3.05, 3.63) is 70.8 Å². The number of hydrogen-bond acceptors (Lipinski definition) is 2. The van der Waals surface area contributed by atoms with Gasteiger partial charge in [-0.25, -0.2) is 0 Å². The fraction of sp³-hybridized carbons (Fsp3) is 0.368. The highest BCUT2D eigenvalue weighted by Crippen LogP contribution is 2.38. The van der Waals surface area contributed by atoms with Crippen LogP contribution in [-0.2, 0) is 18.4 Å². The van der Waals surface area contributed by atoms with Crippen molar-refractivity contribution in [3.8, 4) is 0 Å². The first-order valence-electron chi connectivity index (χ1n) is 7.76. The molecule has 0 bridgehead atoms. The zero-order chi connectivity index (χ0) is 14.9. The van der Waals surface area contributed by atoms with Crippen molar-refractivity contribution in [2.75, 3.05) is 6.54 Å². The summed E-state index contributed by atoms with van der Waals surface area (Å²) in [5, 5.41) is 14.7. The predicted octanol–water partition coefficient (Wildman–Crippen LogP) is 3.34. The van der Waals surface area contributed by atoms with Gasteiger partial charge in [0.15, 0.2) is 0 Å². The third kappa shape index (κ3) is 2.61. The van der Waals surface area contributed by atoms with Gasteiger partial charge < -0.3 is 10.4 Å². The number of aliphatic hydroxyl groups is 1. The molecule has 3 rings (SSSR count). The van der Waals surface area contributed by atoms with E-state index in [9.17, 15) is 5.11 Å². The summed E-state index contributed by atoms with van der Waals surface area (Å²) in [7, 11) is 0. The molecule has 2 N–H and O–H groups in total. The van der Waals surface area contributed by atoms with Crippen LogP contribution in [0.1, 0.15) is 42.1 Å². The predicted molar refractivity (Wildman–Crippen MR) is 86.3 cm³/mol. The van der Waals surface area contributed by atoms with E-state index in [1.807, 2.05) is 6.92 Å². The Kier molecular flexibility index (Phi) is 3.83. The molecule has 2 nitrogen and oxygen atoms in total. The molecule has 0 spiro atoms. The summed E-state index contributed by atoms with van der Waals surface area (Å²) in [6, 6.07) is 16.7. The average Bonchev–Trinajstić information content (AvgIpc) is 2.54. The molecule has 2 atom stereocenters. The molecule has 2 heteroatoms. The Morgan fingerprint density at radius 3 is 2.57 bits per heavy atom. The molecule has 21 heavy (non-hydrogen) atoms. The van der Waals surface area contributed by atoms with E-state index >= 15 is 0 Å². The van der Waals surface area contributed by atoms with E-state index in [4.69, 9.17) is 0 Å². The molecule has 0 saturated carbocycles. The lowest BCUT2D eigenvalue weighted by atomic mass is 9.80. The summed E-state index contributed by atoms with van der Waals surface area (Å²) in [5.41, 5.74) is 3.91. The molecule has 1 heterocycles. The Balaban J connectivity index is 1.98. The van der Waals surface area contributed by atoms with Crippen molar-refractivity contribution < 1.29 is 5.11 Å². The van der Waals surface area contributed by atoms with Crippen molar-refractivity contribution in [3.63, 3.8) is 0 Å². The lowest BCUT2D eigenvalue weighted by Gasteiger charge is -2.38. The van der Waals surface area contributed by atoms with Gasteiger partial charge in [-0.15, -0.1) is 0 Å². The molecular weight excluding hydrogens is 258 g/mol. The Morgan fingerprint density at radius 1 is 1.14 bits per heavy atom. The average molecular weight is 281 g/mol. The molecule has 2 aromatic carbocycles. The van der Waals surface area contributed by atoms with E-state index < -0.39 is 5.60 Å². The number of fused-ring (bicyclic) bond motifs is 1. The second-order valence-electron chi connectivity index (χ2n) is 6.03. The Morgan fingerprint density at radius 2 is 1.86 bits per heavy atom. The van der Waals surface area contributed by atoms with Gasteiger partial charge in [-0.3, -0.25) is 0 Å².